The fourth-order valence-electron chi connectivity index (χ4n) is 6.48. The van der Waals surface area contributed by atoms with Crippen LogP contribution in [0.1, 0.15) is 105 Å². The lowest BCUT2D eigenvalue weighted by Gasteiger charge is -2.42. The molecule has 1 unspecified atom stereocenters. The molecule has 3 heterocycles. The number of benzene rings is 2. The first-order valence-corrected chi connectivity index (χ1v) is 16.1. The van der Waals surface area contributed by atoms with Gasteiger partial charge in [-0.15, -0.1) is 0 Å². The number of fused-ring (bicyclic) bond motifs is 5. The molecule has 1 atom stereocenters. The van der Waals surface area contributed by atoms with Crippen LogP contribution < -0.4 is 30.1 Å². The van der Waals surface area contributed by atoms with Crippen LogP contribution in [0.15, 0.2) is 23.3 Å². The van der Waals surface area contributed by atoms with Crippen LogP contribution in [0.25, 0.3) is 0 Å². The number of hydrogen-bond acceptors (Lipinski definition) is 7. The van der Waals surface area contributed by atoms with Crippen molar-refractivity contribution in [2.45, 2.75) is 96.6 Å². The number of thiocarbonyl (C=S) groups is 1. The van der Waals surface area contributed by atoms with Gasteiger partial charge in [-0.1, -0.05) is 64.7 Å². The third-order valence-corrected chi connectivity index (χ3v) is 8.79. The van der Waals surface area contributed by atoms with Gasteiger partial charge in [-0.3, -0.25) is 10.3 Å². The maximum atomic E-state index is 6.52. The zero-order valence-corrected chi connectivity index (χ0v) is 26.0. The molecule has 3 aliphatic heterocycles. The van der Waals surface area contributed by atoms with Crippen LogP contribution in [-0.4, -0.2) is 43.3 Å². The first-order chi connectivity index (χ1) is 20.6. The van der Waals surface area contributed by atoms with E-state index in [4.69, 9.17) is 36.9 Å². The Balaban J connectivity index is 1.30. The predicted molar refractivity (Wildman–Crippen MR) is 171 cm³/mol. The van der Waals surface area contributed by atoms with Crippen LogP contribution in [0.4, 0.5) is 0 Å². The Morgan fingerprint density at radius 3 is 2.48 bits per heavy atom. The van der Waals surface area contributed by atoms with E-state index in [1.54, 1.807) is 13.3 Å². The van der Waals surface area contributed by atoms with Crippen LogP contribution in [0.2, 0.25) is 0 Å². The number of ether oxygens (including phenoxy) is 4. The lowest BCUT2D eigenvalue weighted by Crippen LogP contribution is -2.40. The van der Waals surface area contributed by atoms with Crippen LogP contribution in [0, 0.1) is 0 Å². The summed E-state index contributed by atoms with van der Waals surface area (Å²) in [6, 6.07) is 6.59. The van der Waals surface area contributed by atoms with Crippen molar-refractivity contribution in [2.24, 2.45) is 10.8 Å². The second-order valence-corrected chi connectivity index (χ2v) is 12.0. The fourth-order valence-corrected chi connectivity index (χ4v) is 6.54. The average Bonchev–Trinajstić information content (AvgIpc) is 3.45. The van der Waals surface area contributed by atoms with E-state index in [0.717, 1.165) is 60.9 Å². The van der Waals surface area contributed by atoms with E-state index in [2.05, 4.69) is 34.5 Å². The minimum atomic E-state index is 0.131. The van der Waals surface area contributed by atoms with E-state index in [1.165, 1.54) is 80.0 Å². The molecule has 3 aliphatic rings. The normalized spacial score (nSPS) is 17.0. The summed E-state index contributed by atoms with van der Waals surface area (Å²) < 4.78 is 23.8. The number of rotatable bonds is 15. The molecule has 8 nitrogen and oxygen atoms in total. The number of hydrogen-bond donors (Lipinski definition) is 2. The summed E-state index contributed by atoms with van der Waals surface area (Å²) in [5.74, 6) is 3.27. The molecule has 0 amide bonds. The molecule has 5 rings (SSSR count). The van der Waals surface area contributed by atoms with Gasteiger partial charge in [-0.25, -0.2) is 0 Å². The molecule has 0 saturated carbocycles. The van der Waals surface area contributed by atoms with E-state index in [-0.39, 0.29) is 17.9 Å². The first-order valence-electron chi connectivity index (χ1n) is 15.7. The Kier molecular flexibility index (Phi) is 10.8. The molecule has 2 aromatic carbocycles. The second kappa shape index (κ2) is 14.9. The number of unbranched alkanes of at least 4 members (excludes halogenated alkanes) is 9. The van der Waals surface area contributed by atoms with Crippen molar-refractivity contribution in [3.8, 4) is 23.0 Å². The molecule has 2 aromatic rings. The Labute approximate surface area is 255 Å². The van der Waals surface area contributed by atoms with Crippen LogP contribution in [0.3, 0.4) is 0 Å². The molecule has 0 bridgehead atoms. The van der Waals surface area contributed by atoms with Crippen molar-refractivity contribution >= 4 is 23.5 Å². The molecule has 9 heteroatoms. The number of nitrogens with two attached hydrogens (primary N) is 1. The highest BCUT2D eigenvalue weighted by Crippen LogP contribution is 2.47. The molecule has 42 heavy (non-hydrogen) atoms. The highest BCUT2D eigenvalue weighted by molar-refractivity contribution is 7.80. The Bertz CT molecular complexity index is 1270. The zero-order chi connectivity index (χ0) is 29.3. The summed E-state index contributed by atoms with van der Waals surface area (Å²) in [5, 5.41) is 4.43. The summed E-state index contributed by atoms with van der Waals surface area (Å²) in [5.41, 5.74) is 14.3. The van der Waals surface area contributed by atoms with Crippen molar-refractivity contribution in [2.75, 3.05) is 27.1 Å². The fraction of sp³-hybridized carbons (Fsp3) is 0.576. The molecule has 0 radical (unpaired) electrons. The maximum absolute atomic E-state index is 6.52. The zero-order valence-electron chi connectivity index (χ0n) is 25.2. The van der Waals surface area contributed by atoms with Gasteiger partial charge in [0.15, 0.2) is 28.1 Å². The smallest absolute Gasteiger partial charge is 0.231 e. The SMILES string of the molecule is CCCCCCCCCCCCOc1c(OC)cc(/C=N/NC(N)=S)c2c1CN1CCc3cc4c(cc3C1C2)OCO4. The lowest BCUT2D eigenvalue weighted by atomic mass is 9.82. The number of hydrazone groups is 1. The van der Waals surface area contributed by atoms with Crippen LogP contribution >= 0.6 is 12.2 Å². The molecule has 3 N–H and O–H groups in total. The summed E-state index contributed by atoms with van der Waals surface area (Å²) in [7, 11) is 1.70. The Morgan fingerprint density at radius 1 is 1.05 bits per heavy atom. The predicted octanol–water partition coefficient (Wildman–Crippen LogP) is 6.55. The molecule has 0 spiro atoms. The van der Waals surface area contributed by atoms with Gasteiger partial charge in [0.2, 0.25) is 6.79 Å². The summed E-state index contributed by atoms with van der Waals surface area (Å²) >= 11 is 4.95. The van der Waals surface area contributed by atoms with Crippen molar-refractivity contribution in [1.29, 1.82) is 0 Å². The first kappa shape index (κ1) is 30.4. The molecule has 0 saturated heterocycles. The minimum absolute atomic E-state index is 0.131. The van der Waals surface area contributed by atoms with Gasteiger partial charge in [0, 0.05) is 30.3 Å². The molecule has 228 valence electrons. The lowest BCUT2D eigenvalue weighted by molar-refractivity contribution is 0.155. The Morgan fingerprint density at radius 2 is 1.76 bits per heavy atom. The van der Waals surface area contributed by atoms with E-state index in [1.807, 2.05) is 6.07 Å². The van der Waals surface area contributed by atoms with Crippen molar-refractivity contribution in [3.63, 3.8) is 0 Å². The average molecular weight is 595 g/mol. The maximum Gasteiger partial charge on any atom is 0.231 e. The summed E-state index contributed by atoms with van der Waals surface area (Å²) in [6.45, 7) is 4.99. The Hall–Kier alpha value is -3.04. The summed E-state index contributed by atoms with van der Waals surface area (Å²) in [4.78, 5) is 2.55. The number of nitrogens with zero attached hydrogens (tertiary/aromatic N) is 2. The minimum Gasteiger partial charge on any atom is -0.493 e. The van der Waals surface area contributed by atoms with E-state index < -0.39 is 0 Å². The van der Waals surface area contributed by atoms with Crippen molar-refractivity contribution < 1.29 is 18.9 Å². The van der Waals surface area contributed by atoms with E-state index in [9.17, 15) is 0 Å². The van der Waals surface area contributed by atoms with Gasteiger partial charge in [0.1, 0.15) is 0 Å². The summed E-state index contributed by atoms with van der Waals surface area (Å²) in [6.07, 6.45) is 16.6. The van der Waals surface area contributed by atoms with Crippen molar-refractivity contribution in [1.82, 2.24) is 10.3 Å². The third-order valence-electron chi connectivity index (χ3n) is 8.70. The van der Waals surface area contributed by atoms with Gasteiger partial charge in [0.25, 0.3) is 0 Å². The van der Waals surface area contributed by atoms with E-state index in [0.29, 0.717) is 6.61 Å². The topological polar surface area (TPSA) is 90.6 Å². The van der Waals surface area contributed by atoms with E-state index >= 15 is 0 Å². The second-order valence-electron chi connectivity index (χ2n) is 11.6. The highest BCUT2D eigenvalue weighted by atomic mass is 32.1. The van der Waals surface area contributed by atoms with Gasteiger partial charge in [-0.2, -0.15) is 5.10 Å². The van der Waals surface area contributed by atoms with Gasteiger partial charge >= 0.3 is 0 Å². The van der Waals surface area contributed by atoms with Gasteiger partial charge in [0.05, 0.1) is 19.9 Å². The van der Waals surface area contributed by atoms with Gasteiger partial charge in [-0.05, 0) is 66.4 Å². The molecule has 0 fully saturated rings. The monoisotopic (exact) mass is 594 g/mol. The van der Waals surface area contributed by atoms with Crippen LogP contribution in [0.5, 0.6) is 23.0 Å². The molecule has 0 aromatic heterocycles. The standard InChI is InChI=1S/C33H46N4O4S/c1-3-4-5-6-7-8-9-10-11-12-15-39-32-27-21-37-14-13-23-16-29-30(41-22-40-29)19-26(23)28(37)18-25(27)24(17-31(32)38-2)20-35-36-33(34)42/h16-17,19-20,28H,3-15,18,21-22H2,1-2H3,(H3,34,36,42)/b35-20+. The number of methoxy groups -OCH3 is 1. The third kappa shape index (κ3) is 7.29. The van der Waals surface area contributed by atoms with Crippen LogP contribution in [-0.2, 0) is 19.4 Å². The molecular formula is C33H46N4O4S. The van der Waals surface area contributed by atoms with Crippen molar-refractivity contribution in [3.05, 3.63) is 46.0 Å². The quantitative estimate of drug-likeness (QED) is 0.104. The van der Waals surface area contributed by atoms with Gasteiger partial charge < -0.3 is 24.7 Å². The largest absolute Gasteiger partial charge is 0.493 e. The number of nitrogens with one attached hydrogen (secondary N) is 1. The molecular weight excluding hydrogens is 548 g/mol. The molecule has 0 aliphatic carbocycles. The highest BCUT2D eigenvalue weighted by Gasteiger charge is 2.36.